The van der Waals surface area contributed by atoms with E-state index in [0.29, 0.717) is 37.7 Å². The maximum Gasteiger partial charge on any atom is 0.255 e. The van der Waals surface area contributed by atoms with Crippen molar-refractivity contribution in [3.8, 4) is 11.4 Å². The summed E-state index contributed by atoms with van der Waals surface area (Å²) in [6.45, 7) is 5.14. The van der Waals surface area contributed by atoms with Gasteiger partial charge in [0, 0.05) is 56.0 Å². The van der Waals surface area contributed by atoms with E-state index in [1.165, 1.54) is 4.90 Å². The third kappa shape index (κ3) is 5.89. The van der Waals surface area contributed by atoms with Crippen LogP contribution in [-0.4, -0.2) is 86.9 Å². The number of rotatable bonds is 6. The lowest BCUT2D eigenvalue weighted by Gasteiger charge is -2.35. The Hall–Kier alpha value is -3.83. The Morgan fingerprint density at radius 2 is 1.83 bits per heavy atom. The first-order valence-electron chi connectivity index (χ1n) is 17.6. The minimum absolute atomic E-state index is 0.0401. The van der Waals surface area contributed by atoms with Crippen molar-refractivity contribution in [2.24, 2.45) is 11.7 Å². The highest BCUT2D eigenvalue weighted by molar-refractivity contribution is 5.95. The van der Waals surface area contributed by atoms with Gasteiger partial charge in [-0.2, -0.15) is 5.10 Å². The molecule has 1 unspecified atom stereocenters. The van der Waals surface area contributed by atoms with Gasteiger partial charge in [-0.1, -0.05) is 0 Å². The molecule has 8 rings (SSSR count). The van der Waals surface area contributed by atoms with Crippen LogP contribution in [-0.2, 0) is 16.1 Å². The summed E-state index contributed by atoms with van der Waals surface area (Å²) in [6, 6.07) is 8.66. The van der Waals surface area contributed by atoms with E-state index >= 15 is 4.39 Å². The number of pyridine rings is 1. The molecule has 2 N–H and O–H groups in total. The number of alkyl halides is 1. The van der Waals surface area contributed by atoms with Crippen LogP contribution in [0.2, 0.25) is 0 Å². The predicted octanol–water partition coefficient (Wildman–Crippen LogP) is 5.60. The van der Waals surface area contributed by atoms with Gasteiger partial charge in [-0.25, -0.2) is 13.3 Å². The van der Waals surface area contributed by atoms with Crippen LogP contribution in [0.3, 0.4) is 0 Å². The van der Waals surface area contributed by atoms with Crippen molar-refractivity contribution in [3.63, 3.8) is 0 Å². The van der Waals surface area contributed by atoms with Crippen molar-refractivity contribution in [1.82, 2.24) is 24.0 Å². The Bertz CT molecular complexity index is 1860. The largest absolute Gasteiger partial charge is 0.368 e. The fourth-order valence-electron chi connectivity index (χ4n) is 8.18. The van der Waals surface area contributed by atoms with Crippen molar-refractivity contribution >= 4 is 28.2 Å². The van der Waals surface area contributed by atoms with E-state index in [4.69, 9.17) is 15.6 Å². The van der Waals surface area contributed by atoms with E-state index in [0.717, 1.165) is 90.4 Å². The molecule has 3 atom stereocenters. The van der Waals surface area contributed by atoms with E-state index in [-0.39, 0.29) is 48.7 Å². The molecule has 3 aromatic heterocycles. The molecule has 11 heteroatoms. The number of likely N-dealkylation sites (tertiary alicyclic amines) is 2. The fraction of sp³-hybridized carbons (Fsp3) is 0.541. The number of nitrogens with zero attached hydrogens (tertiary/aromatic N) is 5. The maximum absolute atomic E-state index is 15.3. The Labute approximate surface area is 279 Å². The van der Waals surface area contributed by atoms with Crippen molar-refractivity contribution in [1.29, 1.82) is 0 Å². The fourth-order valence-corrected chi connectivity index (χ4v) is 8.18. The number of carbonyl (C=O) groups is 2. The quantitative estimate of drug-likeness (QED) is 0.291. The number of nitrogens with two attached hydrogens (primary N) is 1. The number of aromatic nitrogens is 3. The first-order valence-corrected chi connectivity index (χ1v) is 17.6. The number of hydrogen-bond acceptors (Lipinski definition) is 5. The molecule has 4 aliphatic rings. The van der Waals surface area contributed by atoms with Gasteiger partial charge in [0.05, 0.1) is 28.8 Å². The third-order valence-corrected chi connectivity index (χ3v) is 10.9. The molecule has 1 aliphatic carbocycles. The molecule has 48 heavy (non-hydrogen) atoms. The molecular formula is C37H44F2N6O3. The van der Waals surface area contributed by atoms with E-state index in [2.05, 4.69) is 10.6 Å². The van der Waals surface area contributed by atoms with Crippen LogP contribution in [0, 0.1) is 18.7 Å². The summed E-state index contributed by atoms with van der Waals surface area (Å²) >= 11 is 0. The van der Waals surface area contributed by atoms with Crippen LogP contribution in [0.4, 0.5) is 8.78 Å². The molecule has 9 nitrogen and oxygen atoms in total. The molecule has 2 amide bonds. The Morgan fingerprint density at radius 1 is 1.02 bits per heavy atom. The van der Waals surface area contributed by atoms with Crippen LogP contribution >= 0.6 is 0 Å². The van der Waals surface area contributed by atoms with Gasteiger partial charge in [-0.15, -0.1) is 0 Å². The summed E-state index contributed by atoms with van der Waals surface area (Å²) in [5.74, 6) is 0.262. The van der Waals surface area contributed by atoms with E-state index in [1.54, 1.807) is 28.9 Å². The summed E-state index contributed by atoms with van der Waals surface area (Å²) in [4.78, 5) is 29.9. The maximum atomic E-state index is 15.3. The summed E-state index contributed by atoms with van der Waals surface area (Å²) in [6.07, 6.45) is 7.21. The number of fused-ring (bicyclic) bond motifs is 2. The summed E-state index contributed by atoms with van der Waals surface area (Å²) in [7, 11) is 0. The molecule has 0 spiro atoms. The molecule has 1 saturated carbocycles. The van der Waals surface area contributed by atoms with Crippen LogP contribution in [0.1, 0.15) is 78.8 Å². The van der Waals surface area contributed by atoms with Crippen LogP contribution in [0.25, 0.3) is 27.8 Å². The Balaban J connectivity index is 1.12. The number of ether oxygens (including phenoxy) is 1. The summed E-state index contributed by atoms with van der Waals surface area (Å²) < 4.78 is 39.4. The van der Waals surface area contributed by atoms with Gasteiger partial charge in [-0.05, 0) is 106 Å². The molecule has 254 valence electrons. The van der Waals surface area contributed by atoms with E-state index < -0.39 is 6.17 Å². The first kappa shape index (κ1) is 31.4. The normalized spacial score (nSPS) is 24.1. The Kier molecular flexibility index (Phi) is 8.23. The monoisotopic (exact) mass is 658 g/mol. The van der Waals surface area contributed by atoms with Crippen molar-refractivity contribution in [2.45, 2.75) is 89.1 Å². The van der Waals surface area contributed by atoms with Gasteiger partial charge >= 0.3 is 0 Å². The lowest BCUT2D eigenvalue weighted by Crippen LogP contribution is -2.50. The summed E-state index contributed by atoms with van der Waals surface area (Å²) in [5.41, 5.74) is 12.1. The number of piperidine rings is 2. The number of carbonyl (C=O) groups excluding carboxylic acids is 2. The Morgan fingerprint density at radius 3 is 2.56 bits per heavy atom. The molecule has 0 bridgehead atoms. The molecule has 4 aromatic rings. The molecule has 6 heterocycles. The molecular weight excluding hydrogens is 614 g/mol. The number of benzene rings is 1. The minimum Gasteiger partial charge on any atom is -0.368 e. The topological polar surface area (TPSA) is 98.1 Å². The summed E-state index contributed by atoms with van der Waals surface area (Å²) in [5, 5.41) is 5.85. The molecule has 1 aromatic carbocycles. The van der Waals surface area contributed by atoms with Gasteiger partial charge < -0.3 is 24.8 Å². The van der Waals surface area contributed by atoms with E-state index in [1.807, 2.05) is 17.9 Å². The highest BCUT2D eigenvalue weighted by Gasteiger charge is 2.33. The van der Waals surface area contributed by atoms with Gasteiger partial charge in [0.1, 0.15) is 23.8 Å². The van der Waals surface area contributed by atoms with Gasteiger partial charge in [-0.3, -0.25) is 9.59 Å². The van der Waals surface area contributed by atoms with Gasteiger partial charge in [0.25, 0.3) is 11.8 Å². The van der Waals surface area contributed by atoms with Crippen LogP contribution < -0.4 is 5.73 Å². The third-order valence-electron chi connectivity index (χ3n) is 10.9. The second-order valence-electron chi connectivity index (χ2n) is 14.5. The lowest BCUT2D eigenvalue weighted by atomic mass is 9.87. The second-order valence-corrected chi connectivity index (χ2v) is 14.5. The highest BCUT2D eigenvalue weighted by atomic mass is 19.1. The van der Waals surface area contributed by atoms with Gasteiger partial charge in [0.2, 0.25) is 0 Å². The zero-order chi connectivity index (χ0) is 33.1. The van der Waals surface area contributed by atoms with Gasteiger partial charge in [0.15, 0.2) is 0 Å². The lowest BCUT2D eigenvalue weighted by molar-refractivity contribution is -0.147. The zero-order valence-corrected chi connectivity index (χ0v) is 27.5. The SMILES string of the molecule is Cc1c(-c2cc3cc(F)cc(C4CCN(C(=O)C5CCCCO5)CC4)c3n2CC2CC2)nn2cc(C(=O)N3C[C@H](N)C[C@@H](F)C3)ccc12. The smallest absolute Gasteiger partial charge is 0.255 e. The molecule has 3 saturated heterocycles. The average molecular weight is 659 g/mol. The zero-order valence-electron chi connectivity index (χ0n) is 27.5. The first-order chi connectivity index (χ1) is 23.2. The number of amides is 2. The second kappa shape index (κ2) is 12.6. The van der Waals surface area contributed by atoms with Crippen LogP contribution in [0.5, 0.6) is 0 Å². The standard InChI is InChI=1S/C37H44F2N6O3/c1-22-31-8-7-25(36(46)43-20-28(39)16-29(40)21-43)19-45(31)41-34(22)32-15-26-14-27(38)17-30(35(26)44(32)18-23-5-6-23)24-9-11-42(12-10-24)37(47)33-4-2-3-13-48-33/h7-8,14-15,17,19,23-24,28-29,33H,2-6,9-13,16,18,20-21,40H2,1H3/t28-,29-,33?/m1/s1. The number of halogens is 2. The molecule has 3 aliphatic heterocycles. The highest BCUT2D eigenvalue weighted by Crippen LogP contribution is 2.41. The molecule has 0 radical (unpaired) electrons. The van der Waals surface area contributed by atoms with Crippen molar-refractivity contribution in [3.05, 3.63) is 59.0 Å². The number of hydrogen-bond donors (Lipinski definition) is 1. The average Bonchev–Trinajstić information content (AvgIpc) is 3.76. The number of aryl methyl sites for hydroxylation is 1. The predicted molar refractivity (Wildman–Crippen MR) is 179 cm³/mol. The van der Waals surface area contributed by atoms with E-state index in [9.17, 15) is 14.0 Å². The minimum atomic E-state index is -1.13. The van der Waals surface area contributed by atoms with Crippen molar-refractivity contribution in [2.75, 3.05) is 32.8 Å². The van der Waals surface area contributed by atoms with Crippen LogP contribution in [0.15, 0.2) is 36.5 Å². The molecule has 4 fully saturated rings. The van der Waals surface area contributed by atoms with Crippen molar-refractivity contribution < 1.29 is 23.1 Å².